The predicted molar refractivity (Wildman–Crippen MR) is 97.3 cm³/mol. The maximum atomic E-state index is 12.7. The Morgan fingerprint density at radius 1 is 1.08 bits per heavy atom. The molecular weight excluding hydrogens is 356 g/mol. The first-order valence-corrected chi connectivity index (χ1v) is 9.78. The minimum absolute atomic E-state index is 0.0603. The lowest BCUT2D eigenvalue weighted by atomic mass is 10.2. The predicted octanol–water partition coefficient (Wildman–Crippen LogP) is 2.40. The third-order valence-electron chi connectivity index (χ3n) is 3.74. The van der Waals surface area contributed by atoms with Crippen LogP contribution in [0.4, 0.5) is 5.69 Å². The third-order valence-corrected chi connectivity index (χ3v) is 5.12. The molecule has 2 N–H and O–H groups in total. The molecule has 0 spiro atoms. The van der Waals surface area contributed by atoms with E-state index < -0.39 is 10.0 Å². The van der Waals surface area contributed by atoms with E-state index in [-0.39, 0.29) is 10.8 Å². The highest BCUT2D eigenvalue weighted by atomic mass is 32.2. The van der Waals surface area contributed by atoms with Crippen molar-refractivity contribution in [2.45, 2.75) is 18.2 Å². The van der Waals surface area contributed by atoms with Crippen LogP contribution in [0.15, 0.2) is 47.4 Å². The molecule has 0 saturated heterocycles. The summed E-state index contributed by atoms with van der Waals surface area (Å²) in [4.78, 5) is 12.0. The largest absolute Gasteiger partial charge is 0.490 e. The van der Waals surface area contributed by atoms with E-state index in [2.05, 4.69) is 10.0 Å². The summed E-state index contributed by atoms with van der Waals surface area (Å²) in [5, 5.41) is 2.68. The first kappa shape index (κ1) is 18.1. The molecule has 1 aliphatic heterocycles. The van der Waals surface area contributed by atoms with Crippen LogP contribution in [0, 0.1) is 0 Å². The van der Waals surface area contributed by atoms with Gasteiger partial charge in [-0.3, -0.25) is 9.52 Å². The zero-order valence-electron chi connectivity index (χ0n) is 14.3. The highest BCUT2D eigenvalue weighted by Gasteiger charge is 2.19. The van der Waals surface area contributed by atoms with Crippen molar-refractivity contribution >= 4 is 21.6 Å². The summed E-state index contributed by atoms with van der Waals surface area (Å²) in [6.45, 7) is 3.31. The van der Waals surface area contributed by atoms with Gasteiger partial charge in [0.15, 0.2) is 11.5 Å². The summed E-state index contributed by atoms with van der Waals surface area (Å²) in [5.74, 6) is 0.672. The van der Waals surface area contributed by atoms with Gasteiger partial charge in [-0.15, -0.1) is 0 Å². The van der Waals surface area contributed by atoms with Crippen molar-refractivity contribution in [2.75, 3.05) is 24.5 Å². The van der Waals surface area contributed by atoms with Crippen molar-refractivity contribution in [3.05, 3.63) is 48.0 Å². The zero-order chi connectivity index (χ0) is 18.6. The first-order chi connectivity index (χ1) is 12.5. The lowest BCUT2D eigenvalue weighted by Crippen LogP contribution is -2.22. The lowest BCUT2D eigenvalue weighted by Gasteiger charge is -2.12. The van der Waals surface area contributed by atoms with Crippen LogP contribution in [-0.2, 0) is 10.0 Å². The summed E-state index contributed by atoms with van der Waals surface area (Å²) >= 11 is 0. The van der Waals surface area contributed by atoms with Gasteiger partial charge >= 0.3 is 0 Å². The number of hydrogen-bond acceptors (Lipinski definition) is 5. The number of anilines is 1. The number of ether oxygens (including phenoxy) is 2. The van der Waals surface area contributed by atoms with Gasteiger partial charge in [0, 0.05) is 30.3 Å². The van der Waals surface area contributed by atoms with Gasteiger partial charge in [0.25, 0.3) is 15.9 Å². The molecule has 1 aliphatic rings. The lowest BCUT2D eigenvalue weighted by molar-refractivity contribution is 0.0956. The number of amides is 1. The molecule has 8 heteroatoms. The van der Waals surface area contributed by atoms with Crippen LogP contribution in [0.25, 0.3) is 0 Å². The average Bonchev–Trinajstić information content (AvgIpc) is 2.86. The number of rotatable bonds is 5. The molecule has 0 radical (unpaired) electrons. The maximum Gasteiger partial charge on any atom is 0.262 e. The van der Waals surface area contributed by atoms with Gasteiger partial charge in [0.1, 0.15) is 0 Å². The molecule has 7 nitrogen and oxygen atoms in total. The second-order valence-electron chi connectivity index (χ2n) is 5.70. The minimum atomic E-state index is -3.83. The number of carbonyl (C=O) groups excluding carboxylic acids is 1. The van der Waals surface area contributed by atoms with Gasteiger partial charge in [0.2, 0.25) is 0 Å². The fourth-order valence-electron chi connectivity index (χ4n) is 2.51. The van der Waals surface area contributed by atoms with Crippen molar-refractivity contribution < 1.29 is 22.7 Å². The highest BCUT2D eigenvalue weighted by molar-refractivity contribution is 7.92. The molecule has 0 aliphatic carbocycles. The van der Waals surface area contributed by atoms with Gasteiger partial charge in [-0.1, -0.05) is 6.07 Å². The first-order valence-electron chi connectivity index (χ1n) is 8.30. The SMILES string of the molecule is CCNC(=O)c1cccc(NS(=O)(=O)c2ccc3c(c2)OCCCO3)c1. The van der Waals surface area contributed by atoms with Crippen LogP contribution in [-0.4, -0.2) is 34.1 Å². The molecule has 0 atom stereocenters. The second kappa shape index (κ2) is 7.65. The smallest absolute Gasteiger partial charge is 0.262 e. The number of hydrogen-bond donors (Lipinski definition) is 2. The molecule has 26 heavy (non-hydrogen) atoms. The Bertz CT molecular complexity index is 912. The third kappa shape index (κ3) is 4.08. The van der Waals surface area contributed by atoms with Gasteiger partial charge in [0.05, 0.1) is 18.1 Å². The second-order valence-corrected chi connectivity index (χ2v) is 7.39. The van der Waals surface area contributed by atoms with Gasteiger partial charge in [-0.25, -0.2) is 8.42 Å². The quantitative estimate of drug-likeness (QED) is 0.836. The summed E-state index contributed by atoms with van der Waals surface area (Å²) in [5.41, 5.74) is 0.687. The van der Waals surface area contributed by atoms with Crippen LogP contribution < -0.4 is 19.5 Å². The molecule has 0 bridgehead atoms. The molecular formula is C18H20N2O5S. The van der Waals surface area contributed by atoms with E-state index in [9.17, 15) is 13.2 Å². The maximum absolute atomic E-state index is 12.7. The van der Waals surface area contributed by atoms with Gasteiger partial charge < -0.3 is 14.8 Å². The normalized spacial score (nSPS) is 13.6. The number of sulfonamides is 1. The van der Waals surface area contributed by atoms with Crippen LogP contribution in [0.5, 0.6) is 11.5 Å². The van der Waals surface area contributed by atoms with Crippen molar-refractivity contribution in [2.24, 2.45) is 0 Å². The van der Waals surface area contributed by atoms with E-state index in [0.29, 0.717) is 42.5 Å². The molecule has 0 saturated carbocycles. The van der Waals surface area contributed by atoms with Gasteiger partial charge in [-0.05, 0) is 37.3 Å². The Balaban J connectivity index is 1.84. The van der Waals surface area contributed by atoms with Crippen molar-refractivity contribution in [1.82, 2.24) is 5.32 Å². The molecule has 0 fully saturated rings. The van der Waals surface area contributed by atoms with E-state index >= 15 is 0 Å². The van der Waals surface area contributed by atoms with Gasteiger partial charge in [-0.2, -0.15) is 0 Å². The fraction of sp³-hybridized carbons (Fsp3) is 0.278. The molecule has 3 rings (SSSR count). The Labute approximate surface area is 152 Å². The average molecular weight is 376 g/mol. The molecule has 0 unspecified atom stereocenters. The zero-order valence-corrected chi connectivity index (χ0v) is 15.1. The van der Waals surface area contributed by atoms with E-state index in [1.54, 1.807) is 24.3 Å². The monoisotopic (exact) mass is 376 g/mol. The van der Waals surface area contributed by atoms with Crippen molar-refractivity contribution in [3.63, 3.8) is 0 Å². The van der Waals surface area contributed by atoms with Crippen LogP contribution in [0.2, 0.25) is 0 Å². The van der Waals surface area contributed by atoms with Crippen LogP contribution in [0.3, 0.4) is 0 Å². The Hall–Kier alpha value is -2.74. The summed E-state index contributed by atoms with van der Waals surface area (Å²) in [7, 11) is -3.83. The Kier molecular flexibility index (Phi) is 5.32. The number of carbonyl (C=O) groups is 1. The highest BCUT2D eigenvalue weighted by Crippen LogP contribution is 2.32. The molecule has 1 amide bonds. The summed E-state index contributed by atoms with van der Waals surface area (Å²) in [6, 6.07) is 10.8. The molecule has 2 aromatic rings. The van der Waals surface area contributed by atoms with Crippen molar-refractivity contribution in [3.8, 4) is 11.5 Å². The van der Waals surface area contributed by atoms with Crippen LogP contribution in [0.1, 0.15) is 23.7 Å². The van der Waals surface area contributed by atoms with E-state index in [1.165, 1.54) is 18.2 Å². The van der Waals surface area contributed by atoms with Crippen molar-refractivity contribution in [1.29, 1.82) is 0 Å². The van der Waals surface area contributed by atoms with E-state index in [0.717, 1.165) is 6.42 Å². The minimum Gasteiger partial charge on any atom is -0.490 e. The molecule has 0 aromatic heterocycles. The summed E-state index contributed by atoms with van der Waals surface area (Å²) < 4.78 is 38.9. The molecule has 2 aromatic carbocycles. The number of fused-ring (bicyclic) bond motifs is 1. The fourth-order valence-corrected chi connectivity index (χ4v) is 3.58. The molecule has 1 heterocycles. The number of benzene rings is 2. The van der Waals surface area contributed by atoms with E-state index in [4.69, 9.17) is 9.47 Å². The van der Waals surface area contributed by atoms with E-state index in [1.807, 2.05) is 6.92 Å². The summed E-state index contributed by atoms with van der Waals surface area (Å²) in [6.07, 6.45) is 0.738. The topological polar surface area (TPSA) is 93.7 Å². The Morgan fingerprint density at radius 3 is 2.62 bits per heavy atom. The Morgan fingerprint density at radius 2 is 1.85 bits per heavy atom. The standard InChI is InChI=1S/C18H20N2O5S/c1-2-19-18(21)13-5-3-6-14(11-13)20-26(22,23)15-7-8-16-17(12-15)25-10-4-9-24-16/h3,5-8,11-12,20H,2,4,9-10H2,1H3,(H,19,21). The molecule has 138 valence electrons. The number of nitrogens with one attached hydrogen (secondary N) is 2. The van der Waals surface area contributed by atoms with Crippen LogP contribution >= 0.6 is 0 Å².